The Bertz CT molecular complexity index is 317. The maximum absolute atomic E-state index is 12.7. The molecule has 1 heterocycles. The quantitative estimate of drug-likeness (QED) is 0.799. The smallest absolute Gasteiger partial charge is 0.141 e. The highest BCUT2D eigenvalue weighted by molar-refractivity contribution is 5.38. The van der Waals surface area contributed by atoms with Crippen molar-refractivity contribution in [1.29, 1.82) is 0 Å². The van der Waals surface area contributed by atoms with Gasteiger partial charge in [0.05, 0.1) is 11.7 Å². The monoisotopic (exact) mass is 209 g/mol. The van der Waals surface area contributed by atoms with Gasteiger partial charge in [-0.3, -0.25) is 0 Å². The van der Waals surface area contributed by atoms with E-state index in [1.54, 1.807) is 6.07 Å². The van der Waals surface area contributed by atoms with Crippen molar-refractivity contribution >= 4 is 5.82 Å². The highest BCUT2D eigenvalue weighted by Gasteiger charge is 2.32. The van der Waals surface area contributed by atoms with Gasteiger partial charge in [-0.2, -0.15) is 0 Å². The Morgan fingerprint density at radius 1 is 1.40 bits per heavy atom. The zero-order valence-corrected chi connectivity index (χ0v) is 8.67. The van der Waals surface area contributed by atoms with Crippen LogP contribution in [0.25, 0.3) is 0 Å². The van der Waals surface area contributed by atoms with Gasteiger partial charge in [0, 0.05) is 6.54 Å². The Hall–Kier alpha value is -1.16. The highest BCUT2D eigenvalue weighted by atomic mass is 19.1. The van der Waals surface area contributed by atoms with Crippen molar-refractivity contribution in [2.75, 3.05) is 11.9 Å². The fraction of sp³-hybridized carbons (Fsp3) is 0.545. The minimum atomic E-state index is -0.311. The van der Waals surface area contributed by atoms with Gasteiger partial charge in [0.1, 0.15) is 11.6 Å². The SMILES string of the molecule is NCC1(Nc2ccc(F)cn2)CCCC1. The van der Waals surface area contributed by atoms with Gasteiger partial charge in [0.25, 0.3) is 0 Å². The molecule has 0 saturated heterocycles. The van der Waals surface area contributed by atoms with Gasteiger partial charge in [0.15, 0.2) is 0 Å². The molecule has 3 N–H and O–H groups in total. The third-order valence-electron chi connectivity index (χ3n) is 3.07. The van der Waals surface area contributed by atoms with Crippen LogP contribution < -0.4 is 11.1 Å². The Kier molecular flexibility index (Phi) is 2.86. The van der Waals surface area contributed by atoms with Crippen molar-refractivity contribution in [1.82, 2.24) is 4.98 Å². The van der Waals surface area contributed by atoms with Gasteiger partial charge in [-0.1, -0.05) is 12.8 Å². The number of hydrogen-bond donors (Lipinski definition) is 2. The first-order chi connectivity index (χ1) is 7.24. The van der Waals surface area contributed by atoms with Crippen molar-refractivity contribution in [2.45, 2.75) is 31.2 Å². The molecule has 1 aromatic heterocycles. The van der Waals surface area contributed by atoms with Crippen LogP contribution in [0.15, 0.2) is 18.3 Å². The number of rotatable bonds is 3. The van der Waals surface area contributed by atoms with E-state index in [1.807, 2.05) is 0 Å². The number of anilines is 1. The molecule has 0 spiro atoms. The minimum Gasteiger partial charge on any atom is -0.363 e. The molecule has 82 valence electrons. The predicted molar refractivity (Wildman–Crippen MR) is 58.1 cm³/mol. The summed E-state index contributed by atoms with van der Waals surface area (Å²) in [4.78, 5) is 3.99. The molecule has 0 unspecified atom stereocenters. The van der Waals surface area contributed by atoms with Gasteiger partial charge < -0.3 is 11.1 Å². The molecular weight excluding hydrogens is 193 g/mol. The Morgan fingerprint density at radius 2 is 2.13 bits per heavy atom. The first-order valence-corrected chi connectivity index (χ1v) is 5.34. The summed E-state index contributed by atoms with van der Waals surface area (Å²) >= 11 is 0. The van der Waals surface area contributed by atoms with Crippen molar-refractivity contribution in [3.63, 3.8) is 0 Å². The molecule has 0 bridgehead atoms. The molecule has 1 saturated carbocycles. The number of nitrogens with zero attached hydrogens (tertiary/aromatic N) is 1. The number of pyridine rings is 1. The van der Waals surface area contributed by atoms with Crippen LogP contribution in [0.3, 0.4) is 0 Å². The minimum absolute atomic E-state index is 0.0230. The summed E-state index contributed by atoms with van der Waals surface area (Å²) < 4.78 is 12.7. The van der Waals surface area contributed by atoms with Crippen LogP contribution in [0.2, 0.25) is 0 Å². The van der Waals surface area contributed by atoms with Crippen LogP contribution in [0, 0.1) is 5.82 Å². The summed E-state index contributed by atoms with van der Waals surface area (Å²) in [6.45, 7) is 0.603. The van der Waals surface area contributed by atoms with E-state index < -0.39 is 0 Å². The first-order valence-electron chi connectivity index (χ1n) is 5.34. The van der Waals surface area contributed by atoms with Crippen LogP contribution in [-0.4, -0.2) is 17.1 Å². The van der Waals surface area contributed by atoms with Crippen molar-refractivity contribution in [3.8, 4) is 0 Å². The van der Waals surface area contributed by atoms with E-state index in [0.29, 0.717) is 12.4 Å². The molecule has 1 aliphatic rings. The highest BCUT2D eigenvalue weighted by Crippen LogP contribution is 2.31. The zero-order valence-electron chi connectivity index (χ0n) is 8.67. The van der Waals surface area contributed by atoms with Gasteiger partial charge in [-0.15, -0.1) is 0 Å². The molecule has 1 aliphatic carbocycles. The molecule has 0 atom stereocenters. The predicted octanol–water partition coefficient (Wildman–Crippen LogP) is 1.90. The molecule has 2 rings (SSSR count). The summed E-state index contributed by atoms with van der Waals surface area (Å²) in [5.41, 5.74) is 5.76. The fourth-order valence-corrected chi connectivity index (χ4v) is 2.15. The summed E-state index contributed by atoms with van der Waals surface area (Å²) in [5, 5.41) is 3.33. The second kappa shape index (κ2) is 4.14. The van der Waals surface area contributed by atoms with E-state index in [1.165, 1.54) is 25.1 Å². The molecular formula is C11H16FN3. The van der Waals surface area contributed by atoms with Gasteiger partial charge in [0.2, 0.25) is 0 Å². The lowest BCUT2D eigenvalue weighted by molar-refractivity contribution is 0.491. The van der Waals surface area contributed by atoms with Gasteiger partial charge in [-0.25, -0.2) is 9.37 Å². The molecule has 4 heteroatoms. The second-order valence-electron chi connectivity index (χ2n) is 4.18. The lowest BCUT2D eigenvalue weighted by Gasteiger charge is -2.29. The van der Waals surface area contributed by atoms with Crippen molar-refractivity contribution < 1.29 is 4.39 Å². The van der Waals surface area contributed by atoms with E-state index in [-0.39, 0.29) is 11.4 Å². The largest absolute Gasteiger partial charge is 0.363 e. The lowest BCUT2D eigenvalue weighted by atomic mass is 9.98. The molecule has 0 aromatic carbocycles. The number of halogens is 1. The van der Waals surface area contributed by atoms with Crippen molar-refractivity contribution in [3.05, 3.63) is 24.1 Å². The average molecular weight is 209 g/mol. The van der Waals surface area contributed by atoms with E-state index in [4.69, 9.17) is 5.73 Å². The van der Waals surface area contributed by atoms with Crippen LogP contribution in [-0.2, 0) is 0 Å². The lowest BCUT2D eigenvalue weighted by Crippen LogP contribution is -2.43. The number of nitrogens with two attached hydrogens (primary N) is 1. The van der Waals surface area contributed by atoms with Crippen LogP contribution in [0.1, 0.15) is 25.7 Å². The molecule has 3 nitrogen and oxygen atoms in total. The summed E-state index contributed by atoms with van der Waals surface area (Å²) in [7, 11) is 0. The van der Waals surface area contributed by atoms with Crippen LogP contribution in [0.4, 0.5) is 10.2 Å². The topological polar surface area (TPSA) is 50.9 Å². The van der Waals surface area contributed by atoms with Crippen LogP contribution in [0.5, 0.6) is 0 Å². The Morgan fingerprint density at radius 3 is 2.67 bits per heavy atom. The van der Waals surface area contributed by atoms with E-state index in [0.717, 1.165) is 12.8 Å². The average Bonchev–Trinajstić information content (AvgIpc) is 2.71. The molecule has 0 amide bonds. The molecule has 1 aromatic rings. The summed E-state index contributed by atoms with van der Waals surface area (Å²) in [6, 6.07) is 3.07. The van der Waals surface area contributed by atoms with Gasteiger partial charge in [-0.05, 0) is 25.0 Å². The van der Waals surface area contributed by atoms with Crippen molar-refractivity contribution in [2.24, 2.45) is 5.73 Å². The number of hydrogen-bond acceptors (Lipinski definition) is 3. The third kappa shape index (κ3) is 2.26. The molecule has 15 heavy (non-hydrogen) atoms. The Labute approximate surface area is 88.9 Å². The summed E-state index contributed by atoms with van der Waals surface area (Å²) in [6.07, 6.45) is 5.77. The maximum atomic E-state index is 12.7. The first kappa shape index (κ1) is 10.4. The van der Waals surface area contributed by atoms with Crippen LogP contribution >= 0.6 is 0 Å². The molecule has 0 aliphatic heterocycles. The molecule has 1 fully saturated rings. The van der Waals surface area contributed by atoms with E-state index >= 15 is 0 Å². The van der Waals surface area contributed by atoms with E-state index in [9.17, 15) is 4.39 Å². The Balaban J connectivity index is 2.09. The molecule has 0 radical (unpaired) electrons. The number of nitrogens with one attached hydrogen (secondary N) is 1. The number of aromatic nitrogens is 1. The van der Waals surface area contributed by atoms with Gasteiger partial charge >= 0.3 is 0 Å². The zero-order chi connectivity index (χ0) is 10.7. The van der Waals surface area contributed by atoms with E-state index in [2.05, 4.69) is 10.3 Å². The second-order valence-corrected chi connectivity index (χ2v) is 4.18. The summed E-state index contributed by atoms with van der Waals surface area (Å²) in [5.74, 6) is 0.400. The third-order valence-corrected chi connectivity index (χ3v) is 3.07. The maximum Gasteiger partial charge on any atom is 0.141 e. The normalized spacial score (nSPS) is 19.1. The fourth-order valence-electron chi connectivity index (χ4n) is 2.15. The standard InChI is InChI=1S/C11H16FN3/c12-9-3-4-10(14-7-9)15-11(8-13)5-1-2-6-11/h3-4,7H,1-2,5-6,8,13H2,(H,14,15).